The lowest BCUT2D eigenvalue weighted by Gasteiger charge is -2.02. The van der Waals surface area contributed by atoms with Crippen LogP contribution in [0.5, 0.6) is 0 Å². The van der Waals surface area contributed by atoms with Gasteiger partial charge in [0.25, 0.3) is 11.6 Å². The summed E-state index contributed by atoms with van der Waals surface area (Å²) in [5.74, 6) is -0.355. The molecule has 0 fully saturated rings. The van der Waals surface area contributed by atoms with Gasteiger partial charge in [-0.25, -0.2) is 0 Å². The number of hydrogen-bond acceptors (Lipinski definition) is 5. The molecule has 1 amide bonds. The summed E-state index contributed by atoms with van der Waals surface area (Å²) in [7, 11) is 0. The number of rotatable bonds is 4. The second-order valence-corrected chi connectivity index (χ2v) is 8.68. The summed E-state index contributed by atoms with van der Waals surface area (Å²) in [6, 6.07) is 11.9. The number of halogens is 1. The lowest BCUT2D eigenvalue weighted by atomic mass is 10.2. The summed E-state index contributed by atoms with van der Waals surface area (Å²) in [5.41, 5.74) is 0.998. The van der Waals surface area contributed by atoms with Gasteiger partial charge in [-0.2, -0.15) is 4.99 Å². The summed E-state index contributed by atoms with van der Waals surface area (Å²) in [5, 5.41) is 12.3. The maximum atomic E-state index is 12.8. The summed E-state index contributed by atoms with van der Waals surface area (Å²) < 4.78 is 3.81. The van der Waals surface area contributed by atoms with Crippen molar-refractivity contribution in [3.63, 3.8) is 0 Å². The monoisotopic (exact) mass is 431 g/mol. The normalized spacial score (nSPS) is 12.1. The molecule has 142 valence electrons. The zero-order chi connectivity index (χ0) is 19.8. The van der Waals surface area contributed by atoms with E-state index < -0.39 is 4.92 Å². The minimum absolute atomic E-state index is 0.00316. The second kappa shape index (κ2) is 7.46. The third-order valence-electron chi connectivity index (χ3n) is 4.21. The van der Waals surface area contributed by atoms with Crippen molar-refractivity contribution in [2.24, 2.45) is 4.99 Å². The first-order valence-electron chi connectivity index (χ1n) is 8.52. The number of nitrogens with zero attached hydrogens (tertiary/aromatic N) is 3. The fraction of sp³-hybridized carbons (Fsp3) is 0.158. The first-order valence-corrected chi connectivity index (χ1v) is 10.5. The number of thiazole rings is 1. The topological polar surface area (TPSA) is 77.5 Å². The smallest absolute Gasteiger partial charge is 0.289 e. The molecular weight excluding hydrogens is 418 g/mol. The Bertz CT molecular complexity index is 1300. The number of amides is 1. The predicted molar refractivity (Wildman–Crippen MR) is 113 cm³/mol. The lowest BCUT2D eigenvalue weighted by Crippen LogP contribution is -2.16. The Hall–Kier alpha value is -2.55. The molecule has 0 saturated carbocycles. The Morgan fingerprint density at radius 3 is 2.75 bits per heavy atom. The number of carbonyl (C=O) groups excluding carboxylic acids is 1. The van der Waals surface area contributed by atoms with Crippen LogP contribution in [0, 0.1) is 10.1 Å². The highest BCUT2D eigenvalue weighted by Crippen LogP contribution is 2.29. The number of nitro groups is 1. The molecule has 4 rings (SSSR count). The van der Waals surface area contributed by atoms with Crippen LogP contribution in [0.25, 0.3) is 20.3 Å². The van der Waals surface area contributed by atoms with Gasteiger partial charge in [-0.05, 0) is 36.8 Å². The largest absolute Gasteiger partial charge is 0.316 e. The maximum absolute atomic E-state index is 12.8. The van der Waals surface area contributed by atoms with Crippen molar-refractivity contribution in [3.8, 4) is 0 Å². The zero-order valence-electron chi connectivity index (χ0n) is 14.7. The molecule has 4 aromatic rings. The number of hydrogen-bond donors (Lipinski definition) is 0. The zero-order valence-corrected chi connectivity index (χ0v) is 17.1. The Balaban J connectivity index is 1.80. The van der Waals surface area contributed by atoms with Crippen LogP contribution in [0.1, 0.15) is 23.0 Å². The van der Waals surface area contributed by atoms with Crippen molar-refractivity contribution in [2.45, 2.75) is 19.9 Å². The molecule has 0 aliphatic heterocycles. The quantitative estimate of drug-likeness (QED) is 0.310. The van der Waals surface area contributed by atoms with Crippen LogP contribution in [0.15, 0.2) is 47.5 Å². The Labute approximate surface area is 172 Å². The van der Waals surface area contributed by atoms with E-state index in [1.165, 1.54) is 34.8 Å². The van der Waals surface area contributed by atoms with Gasteiger partial charge in [0.1, 0.15) is 0 Å². The highest BCUT2D eigenvalue weighted by Gasteiger charge is 2.14. The van der Waals surface area contributed by atoms with Crippen LogP contribution >= 0.6 is 34.3 Å². The van der Waals surface area contributed by atoms with Crippen molar-refractivity contribution in [1.29, 1.82) is 0 Å². The number of nitro benzene ring substituents is 1. The Morgan fingerprint density at radius 1 is 1.18 bits per heavy atom. The van der Waals surface area contributed by atoms with Gasteiger partial charge in [0, 0.05) is 33.8 Å². The average Bonchev–Trinajstić information content (AvgIpc) is 3.22. The third-order valence-corrected chi connectivity index (χ3v) is 6.59. The van der Waals surface area contributed by atoms with Crippen LogP contribution in [-0.2, 0) is 6.54 Å². The van der Waals surface area contributed by atoms with Crippen molar-refractivity contribution >= 4 is 66.2 Å². The molecule has 0 saturated heterocycles. The molecule has 9 heteroatoms. The molecule has 2 aromatic heterocycles. The second-order valence-electron chi connectivity index (χ2n) is 6.16. The van der Waals surface area contributed by atoms with Crippen LogP contribution in [-0.4, -0.2) is 15.4 Å². The summed E-state index contributed by atoms with van der Waals surface area (Å²) in [4.78, 5) is 28.7. The first-order chi connectivity index (χ1) is 13.5. The van der Waals surface area contributed by atoms with Gasteiger partial charge in [0.05, 0.1) is 20.0 Å². The van der Waals surface area contributed by atoms with Gasteiger partial charge >= 0.3 is 0 Å². The van der Waals surface area contributed by atoms with E-state index in [2.05, 4.69) is 11.9 Å². The van der Waals surface area contributed by atoms with E-state index >= 15 is 0 Å². The van der Waals surface area contributed by atoms with E-state index in [0.717, 1.165) is 27.9 Å². The Kier molecular flexibility index (Phi) is 5.01. The van der Waals surface area contributed by atoms with Crippen LogP contribution in [0.2, 0.25) is 5.02 Å². The molecule has 0 N–H and O–H groups in total. The van der Waals surface area contributed by atoms with Crippen molar-refractivity contribution in [3.05, 3.63) is 67.3 Å². The van der Waals surface area contributed by atoms with Crippen molar-refractivity contribution in [2.75, 3.05) is 0 Å². The first kappa shape index (κ1) is 18.8. The molecule has 0 spiro atoms. The Morgan fingerprint density at radius 2 is 2.00 bits per heavy atom. The van der Waals surface area contributed by atoms with E-state index in [-0.39, 0.29) is 11.6 Å². The number of fused-ring (bicyclic) bond motifs is 2. The highest BCUT2D eigenvalue weighted by atomic mass is 35.5. The minimum atomic E-state index is -0.445. The fourth-order valence-electron chi connectivity index (χ4n) is 2.96. The summed E-state index contributed by atoms with van der Waals surface area (Å²) in [6.07, 6.45) is 0.905. The number of benzene rings is 2. The number of thiophene rings is 1. The van der Waals surface area contributed by atoms with Gasteiger partial charge in [0.2, 0.25) is 0 Å². The maximum Gasteiger partial charge on any atom is 0.289 e. The highest BCUT2D eigenvalue weighted by molar-refractivity contribution is 7.21. The lowest BCUT2D eigenvalue weighted by molar-refractivity contribution is -0.384. The number of aryl methyl sites for hydroxylation is 1. The number of carbonyl (C=O) groups is 1. The molecule has 6 nitrogen and oxygen atoms in total. The summed E-state index contributed by atoms with van der Waals surface area (Å²) in [6.45, 7) is 2.81. The van der Waals surface area contributed by atoms with Crippen molar-refractivity contribution < 1.29 is 9.72 Å². The van der Waals surface area contributed by atoms with Gasteiger partial charge < -0.3 is 4.57 Å². The van der Waals surface area contributed by atoms with E-state index in [9.17, 15) is 14.9 Å². The molecule has 0 atom stereocenters. The molecular formula is C19H14ClN3O3S2. The molecule has 28 heavy (non-hydrogen) atoms. The van der Waals surface area contributed by atoms with E-state index in [1.54, 1.807) is 12.1 Å². The molecule has 0 bridgehead atoms. The van der Waals surface area contributed by atoms with E-state index in [0.29, 0.717) is 20.1 Å². The SMILES string of the molecule is CCCn1c(=NC(=O)c2cc3cc([N+](=O)[O-])ccc3s2)sc2cc(Cl)ccc21. The van der Waals surface area contributed by atoms with Crippen molar-refractivity contribution in [1.82, 2.24) is 4.57 Å². The molecule has 2 aromatic carbocycles. The predicted octanol–water partition coefficient (Wildman–Crippen LogP) is 5.63. The van der Waals surface area contributed by atoms with Crippen LogP contribution in [0.4, 0.5) is 5.69 Å². The van der Waals surface area contributed by atoms with Crippen LogP contribution in [0.3, 0.4) is 0 Å². The molecule has 0 unspecified atom stereocenters. The van der Waals surface area contributed by atoms with Gasteiger partial charge in [-0.3, -0.25) is 14.9 Å². The molecule has 0 radical (unpaired) electrons. The molecule has 0 aliphatic rings. The molecule has 0 aliphatic carbocycles. The van der Waals surface area contributed by atoms with Gasteiger partial charge in [-0.15, -0.1) is 11.3 Å². The molecule has 2 heterocycles. The number of aromatic nitrogens is 1. The minimum Gasteiger partial charge on any atom is -0.316 e. The average molecular weight is 432 g/mol. The van der Waals surface area contributed by atoms with Gasteiger partial charge in [0.15, 0.2) is 4.80 Å². The standard InChI is InChI=1S/C19H14ClN3O3S2/c1-2-7-22-14-5-3-12(20)10-16(14)28-19(22)21-18(24)17-9-11-8-13(23(25)26)4-6-15(11)27-17/h3-6,8-10H,2,7H2,1H3. The fourth-order valence-corrected chi connectivity index (χ4v) is 5.22. The van der Waals surface area contributed by atoms with E-state index in [4.69, 9.17) is 11.6 Å². The van der Waals surface area contributed by atoms with Gasteiger partial charge in [-0.1, -0.05) is 29.9 Å². The summed E-state index contributed by atoms with van der Waals surface area (Å²) >= 11 is 8.80. The van der Waals surface area contributed by atoms with Crippen LogP contribution < -0.4 is 4.80 Å². The van der Waals surface area contributed by atoms with E-state index in [1.807, 2.05) is 22.8 Å². The number of non-ortho nitro benzene ring substituents is 1. The third kappa shape index (κ3) is 3.46.